The molecular weight excluding hydrogens is 413 g/mol. The highest BCUT2D eigenvalue weighted by Crippen LogP contribution is 2.25. The average Bonchev–Trinajstić information content (AvgIpc) is 3.41. The highest BCUT2D eigenvalue weighted by Gasteiger charge is 2.29. The summed E-state index contributed by atoms with van der Waals surface area (Å²) in [6.07, 6.45) is 0.382. The molecule has 29 heavy (non-hydrogen) atoms. The van der Waals surface area contributed by atoms with Crippen molar-refractivity contribution >= 4 is 46.1 Å². The van der Waals surface area contributed by atoms with Crippen LogP contribution in [0.2, 0.25) is 5.02 Å². The number of fused-ring (bicyclic) bond motifs is 1. The minimum atomic E-state index is -0.705. The van der Waals surface area contributed by atoms with Gasteiger partial charge >= 0.3 is 0 Å². The lowest BCUT2D eigenvalue weighted by Crippen LogP contribution is -2.49. The van der Waals surface area contributed by atoms with E-state index in [1.165, 1.54) is 12.1 Å². The van der Waals surface area contributed by atoms with Gasteiger partial charge in [0.1, 0.15) is 11.7 Å². The molecule has 0 radical (unpaired) electrons. The lowest BCUT2D eigenvalue weighted by molar-refractivity contribution is -0.131. The van der Waals surface area contributed by atoms with Crippen molar-refractivity contribution in [2.24, 2.45) is 0 Å². The van der Waals surface area contributed by atoms with E-state index in [0.717, 1.165) is 11.3 Å². The molecule has 150 valence electrons. The first-order chi connectivity index (χ1) is 14.0. The Bertz CT molecular complexity index is 1050. The van der Waals surface area contributed by atoms with Gasteiger partial charge in [0.15, 0.2) is 5.82 Å². The van der Waals surface area contributed by atoms with Crippen LogP contribution in [0.4, 0.5) is 4.39 Å². The number of aromatic nitrogens is 1. The predicted molar refractivity (Wildman–Crippen MR) is 114 cm³/mol. The third kappa shape index (κ3) is 4.26. The van der Waals surface area contributed by atoms with Gasteiger partial charge in [0.2, 0.25) is 5.91 Å². The van der Waals surface area contributed by atoms with Crippen LogP contribution < -0.4 is 5.32 Å². The number of amides is 2. The van der Waals surface area contributed by atoms with E-state index in [1.54, 1.807) is 22.7 Å². The van der Waals surface area contributed by atoms with Gasteiger partial charge in [0.05, 0.1) is 10.9 Å². The molecule has 2 heterocycles. The fourth-order valence-electron chi connectivity index (χ4n) is 3.36. The van der Waals surface area contributed by atoms with Gasteiger partial charge in [-0.05, 0) is 23.8 Å². The van der Waals surface area contributed by atoms with Crippen LogP contribution in [-0.2, 0) is 11.2 Å². The molecule has 4 rings (SSSR count). The number of carbonyl (C=O) groups is 2. The number of halogens is 2. The fraction of sp³-hybridized carbons (Fsp3) is 0.238. The highest BCUT2D eigenvalue weighted by atomic mass is 35.5. The summed E-state index contributed by atoms with van der Waals surface area (Å²) >= 11 is 7.51. The van der Waals surface area contributed by atoms with E-state index in [1.807, 2.05) is 30.3 Å². The number of rotatable bonds is 5. The Morgan fingerprint density at radius 2 is 2.03 bits per heavy atom. The second-order valence-corrected chi connectivity index (χ2v) is 8.34. The van der Waals surface area contributed by atoms with Crippen LogP contribution in [0.15, 0.2) is 48.5 Å². The summed E-state index contributed by atoms with van der Waals surface area (Å²) in [5.74, 6) is 0.358. The fourth-order valence-corrected chi connectivity index (χ4v) is 4.48. The average molecular weight is 432 g/mol. The van der Waals surface area contributed by atoms with E-state index in [2.05, 4.69) is 10.3 Å². The largest absolute Gasteiger partial charge is 0.350 e. The van der Waals surface area contributed by atoms with E-state index in [-0.39, 0.29) is 22.0 Å². The number of thioether (sulfide) groups is 1. The van der Waals surface area contributed by atoms with E-state index >= 15 is 0 Å². The molecule has 1 saturated heterocycles. The molecule has 1 atom stereocenters. The van der Waals surface area contributed by atoms with Gasteiger partial charge in [-0.2, -0.15) is 0 Å². The number of nitrogens with zero attached hydrogens (tertiary/aromatic N) is 1. The second kappa shape index (κ2) is 8.47. The van der Waals surface area contributed by atoms with E-state index in [9.17, 15) is 14.0 Å². The summed E-state index contributed by atoms with van der Waals surface area (Å²) in [4.78, 5) is 30.5. The maximum Gasteiger partial charge on any atom is 0.268 e. The lowest BCUT2D eigenvalue weighted by atomic mass is 10.0. The molecular formula is C21H19ClFN3O2S. The van der Waals surface area contributed by atoms with Crippen LogP contribution in [0.1, 0.15) is 16.1 Å². The van der Waals surface area contributed by atoms with Crippen molar-refractivity contribution in [1.82, 2.24) is 15.2 Å². The lowest BCUT2D eigenvalue weighted by Gasteiger charge is -2.23. The molecule has 2 N–H and O–H groups in total. The van der Waals surface area contributed by atoms with Crippen molar-refractivity contribution < 1.29 is 14.0 Å². The first kappa shape index (κ1) is 19.8. The molecule has 3 aromatic rings. The van der Waals surface area contributed by atoms with Crippen LogP contribution in [0, 0.1) is 5.82 Å². The minimum Gasteiger partial charge on any atom is -0.350 e. The van der Waals surface area contributed by atoms with E-state index in [0.29, 0.717) is 24.4 Å². The molecule has 1 aromatic heterocycles. The summed E-state index contributed by atoms with van der Waals surface area (Å²) in [5, 5.41) is 3.06. The van der Waals surface area contributed by atoms with E-state index < -0.39 is 17.8 Å². The zero-order chi connectivity index (χ0) is 20.4. The van der Waals surface area contributed by atoms with Gasteiger partial charge in [-0.1, -0.05) is 41.9 Å². The van der Waals surface area contributed by atoms with Gasteiger partial charge in [-0.25, -0.2) is 4.39 Å². The normalized spacial score (nSPS) is 14.9. The van der Waals surface area contributed by atoms with Crippen molar-refractivity contribution in [2.45, 2.75) is 12.5 Å². The molecule has 0 spiro atoms. The molecule has 5 nitrogen and oxygen atoms in total. The zero-order valence-electron chi connectivity index (χ0n) is 15.5. The van der Waals surface area contributed by atoms with Crippen molar-refractivity contribution in [3.05, 3.63) is 70.6 Å². The number of benzene rings is 2. The number of H-pyrrole nitrogens is 1. The molecule has 2 amide bonds. The molecule has 1 fully saturated rings. The molecule has 0 unspecified atom stereocenters. The van der Waals surface area contributed by atoms with Gasteiger partial charge in [0.25, 0.3) is 5.91 Å². The number of carbonyl (C=O) groups excluding carboxylic acids is 2. The molecule has 0 saturated carbocycles. The Kier molecular flexibility index (Phi) is 5.78. The Hall–Kier alpha value is -2.51. The van der Waals surface area contributed by atoms with Crippen molar-refractivity contribution in [3.8, 4) is 0 Å². The van der Waals surface area contributed by atoms with Crippen LogP contribution >= 0.6 is 23.4 Å². The maximum absolute atomic E-state index is 14.2. The smallest absolute Gasteiger partial charge is 0.268 e. The Morgan fingerprint density at radius 1 is 1.24 bits per heavy atom. The van der Waals surface area contributed by atoms with Crippen LogP contribution in [0.5, 0.6) is 0 Å². The van der Waals surface area contributed by atoms with Crippen LogP contribution in [0.3, 0.4) is 0 Å². The first-order valence-electron chi connectivity index (χ1n) is 9.21. The van der Waals surface area contributed by atoms with Crippen molar-refractivity contribution in [3.63, 3.8) is 0 Å². The highest BCUT2D eigenvalue weighted by molar-refractivity contribution is 7.99. The molecule has 0 bridgehead atoms. The number of hydrogen-bond acceptors (Lipinski definition) is 3. The summed E-state index contributed by atoms with van der Waals surface area (Å²) in [6, 6.07) is 13.3. The van der Waals surface area contributed by atoms with Gasteiger partial charge in [-0.15, -0.1) is 11.8 Å². The molecule has 8 heteroatoms. The second-order valence-electron chi connectivity index (χ2n) is 6.86. The zero-order valence-corrected chi connectivity index (χ0v) is 17.0. The Labute approximate surface area is 176 Å². The van der Waals surface area contributed by atoms with Gasteiger partial charge in [0, 0.05) is 29.6 Å². The monoisotopic (exact) mass is 431 g/mol. The van der Waals surface area contributed by atoms with Gasteiger partial charge < -0.3 is 15.2 Å². The molecule has 0 aliphatic carbocycles. The summed E-state index contributed by atoms with van der Waals surface area (Å²) < 4.78 is 14.2. The molecule has 2 aromatic carbocycles. The molecule has 1 aliphatic rings. The molecule has 1 aliphatic heterocycles. The SMILES string of the molecule is O=C(N[C@@H](Cc1ccccc1)C(=O)N1CCSC1)c1cc2c(F)c(Cl)ccc2[nH]1. The quantitative estimate of drug-likeness (QED) is 0.645. The third-order valence-corrected chi connectivity index (χ3v) is 6.14. The predicted octanol–water partition coefficient (Wildman–Crippen LogP) is 3.83. The Morgan fingerprint density at radius 3 is 2.76 bits per heavy atom. The standard InChI is InChI=1S/C21H19ClFN3O2S/c22-15-6-7-16-14(19(15)23)11-17(24-16)20(27)25-18(10-13-4-2-1-3-5-13)21(28)26-8-9-29-12-26/h1-7,11,18,24H,8-10,12H2,(H,25,27)/t18-/m0/s1. The van der Waals surface area contributed by atoms with Crippen molar-refractivity contribution in [1.29, 1.82) is 0 Å². The first-order valence-corrected chi connectivity index (χ1v) is 10.7. The van der Waals surface area contributed by atoms with Crippen LogP contribution in [0.25, 0.3) is 10.9 Å². The summed E-state index contributed by atoms with van der Waals surface area (Å²) in [6.45, 7) is 0.667. The van der Waals surface area contributed by atoms with E-state index in [4.69, 9.17) is 11.6 Å². The van der Waals surface area contributed by atoms with Crippen molar-refractivity contribution in [2.75, 3.05) is 18.2 Å². The third-order valence-electron chi connectivity index (χ3n) is 4.89. The summed E-state index contributed by atoms with van der Waals surface area (Å²) in [5.41, 5.74) is 1.61. The van der Waals surface area contributed by atoms with Crippen LogP contribution in [-0.4, -0.2) is 45.9 Å². The number of hydrogen-bond donors (Lipinski definition) is 2. The minimum absolute atomic E-state index is 0.00729. The number of aromatic amines is 1. The maximum atomic E-state index is 14.2. The number of nitrogens with one attached hydrogen (secondary N) is 2. The summed E-state index contributed by atoms with van der Waals surface area (Å²) in [7, 11) is 0. The van der Waals surface area contributed by atoms with Gasteiger partial charge in [-0.3, -0.25) is 9.59 Å². The Balaban J connectivity index is 1.58. The topological polar surface area (TPSA) is 65.2 Å².